The van der Waals surface area contributed by atoms with E-state index in [4.69, 9.17) is 0 Å². The van der Waals surface area contributed by atoms with Gasteiger partial charge in [-0.25, -0.2) is 0 Å². The van der Waals surface area contributed by atoms with Crippen LogP contribution in [0.2, 0.25) is 0 Å². The maximum Gasteiger partial charge on any atom is 0.278 e. The van der Waals surface area contributed by atoms with E-state index in [2.05, 4.69) is 40.4 Å². The number of rotatable bonds is 5. The van der Waals surface area contributed by atoms with Crippen LogP contribution in [0.4, 0.5) is 0 Å². The van der Waals surface area contributed by atoms with Crippen molar-refractivity contribution in [1.82, 2.24) is 29.8 Å². The van der Waals surface area contributed by atoms with Gasteiger partial charge in [0.1, 0.15) is 5.52 Å². The minimum atomic E-state index is -0.158. The molecular weight excluding hydrogens is 360 g/mol. The quantitative estimate of drug-likeness (QED) is 0.497. The third-order valence-electron chi connectivity index (χ3n) is 4.36. The van der Waals surface area contributed by atoms with Gasteiger partial charge >= 0.3 is 0 Å². The van der Waals surface area contributed by atoms with E-state index < -0.39 is 0 Å². The normalized spacial score (nSPS) is 11.2. The second kappa shape index (κ2) is 7.32. The lowest BCUT2D eigenvalue weighted by molar-refractivity contribution is 0.637. The SMILES string of the molecule is CCn1c(SCn2nnc3ccccc3c2=O)nnc1-c1ccccc1C. The summed E-state index contributed by atoms with van der Waals surface area (Å²) in [5.41, 5.74) is 2.64. The van der Waals surface area contributed by atoms with Gasteiger partial charge in [0.05, 0.1) is 11.3 Å². The zero-order valence-electron chi connectivity index (χ0n) is 15.0. The van der Waals surface area contributed by atoms with E-state index in [9.17, 15) is 4.79 Å². The van der Waals surface area contributed by atoms with Crippen LogP contribution in [0.15, 0.2) is 58.5 Å². The number of aryl methyl sites for hydroxylation is 1. The molecule has 4 rings (SSSR count). The van der Waals surface area contributed by atoms with Gasteiger partial charge in [-0.1, -0.05) is 53.4 Å². The molecule has 0 radical (unpaired) electrons. The van der Waals surface area contributed by atoms with Crippen molar-refractivity contribution < 1.29 is 0 Å². The molecule has 8 heteroatoms. The minimum Gasteiger partial charge on any atom is -0.302 e. The Bertz CT molecular complexity index is 1170. The summed E-state index contributed by atoms with van der Waals surface area (Å²) in [4.78, 5) is 12.6. The Balaban J connectivity index is 1.64. The highest BCUT2D eigenvalue weighted by Crippen LogP contribution is 2.26. The predicted molar refractivity (Wildman–Crippen MR) is 106 cm³/mol. The van der Waals surface area contributed by atoms with E-state index in [0.29, 0.717) is 16.8 Å². The summed E-state index contributed by atoms with van der Waals surface area (Å²) in [6.07, 6.45) is 0. The predicted octanol–water partition coefficient (Wildman–Crippen LogP) is 3.13. The Morgan fingerprint density at radius 2 is 1.78 bits per heavy atom. The maximum absolute atomic E-state index is 12.6. The fourth-order valence-corrected chi connectivity index (χ4v) is 3.81. The summed E-state index contributed by atoms with van der Waals surface area (Å²) in [6.45, 7) is 4.84. The Kier molecular flexibility index (Phi) is 4.72. The van der Waals surface area contributed by atoms with Gasteiger partial charge in [0, 0.05) is 12.1 Å². The zero-order chi connectivity index (χ0) is 18.8. The average molecular weight is 378 g/mol. The summed E-state index contributed by atoms with van der Waals surface area (Å²) in [6, 6.07) is 15.3. The molecule has 4 aromatic rings. The van der Waals surface area contributed by atoms with E-state index >= 15 is 0 Å². The molecule has 27 heavy (non-hydrogen) atoms. The van der Waals surface area contributed by atoms with Crippen molar-refractivity contribution in [1.29, 1.82) is 0 Å². The van der Waals surface area contributed by atoms with E-state index in [1.807, 2.05) is 34.9 Å². The zero-order valence-corrected chi connectivity index (χ0v) is 15.8. The van der Waals surface area contributed by atoms with Gasteiger partial charge in [0.15, 0.2) is 11.0 Å². The third kappa shape index (κ3) is 3.23. The molecule has 7 nitrogen and oxygen atoms in total. The molecule has 0 saturated heterocycles. The Labute approximate surface area is 160 Å². The molecule has 0 atom stereocenters. The molecular formula is C19H18N6OS. The van der Waals surface area contributed by atoms with Gasteiger partial charge in [-0.05, 0) is 31.5 Å². The summed E-state index contributed by atoms with van der Waals surface area (Å²) in [7, 11) is 0. The first-order valence-electron chi connectivity index (χ1n) is 8.63. The van der Waals surface area contributed by atoms with E-state index in [1.54, 1.807) is 12.1 Å². The van der Waals surface area contributed by atoms with Crippen molar-refractivity contribution in [2.75, 3.05) is 0 Å². The largest absolute Gasteiger partial charge is 0.302 e. The summed E-state index contributed by atoms with van der Waals surface area (Å²) >= 11 is 1.42. The summed E-state index contributed by atoms with van der Waals surface area (Å²) in [5.74, 6) is 1.15. The Morgan fingerprint density at radius 3 is 2.59 bits per heavy atom. The maximum atomic E-state index is 12.6. The average Bonchev–Trinajstić information content (AvgIpc) is 3.10. The highest BCUT2D eigenvalue weighted by atomic mass is 32.2. The van der Waals surface area contributed by atoms with Crippen molar-refractivity contribution in [3.05, 3.63) is 64.4 Å². The van der Waals surface area contributed by atoms with E-state index in [1.165, 1.54) is 16.4 Å². The third-order valence-corrected chi connectivity index (χ3v) is 5.30. The number of fused-ring (bicyclic) bond motifs is 1. The molecule has 0 fully saturated rings. The van der Waals surface area contributed by atoms with Crippen LogP contribution in [0.1, 0.15) is 12.5 Å². The highest BCUT2D eigenvalue weighted by molar-refractivity contribution is 7.98. The number of nitrogens with zero attached hydrogens (tertiary/aromatic N) is 6. The van der Waals surface area contributed by atoms with Crippen molar-refractivity contribution in [3.63, 3.8) is 0 Å². The number of hydrogen-bond acceptors (Lipinski definition) is 6. The molecule has 0 aliphatic carbocycles. The van der Waals surface area contributed by atoms with Crippen LogP contribution in [0.25, 0.3) is 22.3 Å². The van der Waals surface area contributed by atoms with Crippen molar-refractivity contribution in [2.45, 2.75) is 31.4 Å². The molecule has 2 aromatic carbocycles. The molecule has 0 bridgehead atoms. The molecule has 2 aromatic heterocycles. The molecule has 0 N–H and O–H groups in total. The summed E-state index contributed by atoms with van der Waals surface area (Å²) < 4.78 is 3.40. The number of benzene rings is 2. The highest BCUT2D eigenvalue weighted by Gasteiger charge is 2.15. The molecule has 0 spiro atoms. The first kappa shape index (κ1) is 17.4. The molecule has 136 valence electrons. The van der Waals surface area contributed by atoms with Crippen LogP contribution in [0.3, 0.4) is 0 Å². The van der Waals surface area contributed by atoms with Gasteiger partial charge in [-0.3, -0.25) is 4.79 Å². The fraction of sp³-hybridized carbons (Fsp3) is 0.211. The van der Waals surface area contributed by atoms with Gasteiger partial charge < -0.3 is 4.57 Å². The lowest BCUT2D eigenvalue weighted by Crippen LogP contribution is -2.23. The standard InChI is InChI=1S/C19H18N6OS/c1-3-24-17(14-9-5-4-8-13(14)2)21-22-19(24)27-12-25-18(26)15-10-6-7-11-16(15)20-23-25/h4-11H,3,12H2,1-2H3. The topological polar surface area (TPSA) is 78.5 Å². The van der Waals surface area contributed by atoms with Crippen LogP contribution in [0, 0.1) is 6.92 Å². The second-order valence-corrected chi connectivity index (χ2v) is 6.96. The van der Waals surface area contributed by atoms with Gasteiger partial charge in [-0.2, -0.15) is 4.68 Å². The Morgan fingerprint density at radius 1 is 1.00 bits per heavy atom. The number of aromatic nitrogens is 6. The van der Waals surface area contributed by atoms with Crippen molar-refractivity contribution >= 4 is 22.7 Å². The molecule has 0 aliphatic rings. The van der Waals surface area contributed by atoms with Crippen molar-refractivity contribution in [3.8, 4) is 11.4 Å². The Hall–Kier alpha value is -3.00. The molecule has 0 amide bonds. The molecule has 0 saturated carbocycles. The first-order valence-corrected chi connectivity index (χ1v) is 9.62. The first-order chi connectivity index (χ1) is 13.2. The van der Waals surface area contributed by atoms with Gasteiger partial charge in [0.25, 0.3) is 5.56 Å². The number of thioether (sulfide) groups is 1. The lowest BCUT2D eigenvalue weighted by atomic mass is 10.1. The van der Waals surface area contributed by atoms with Crippen LogP contribution < -0.4 is 5.56 Å². The minimum absolute atomic E-state index is 0.158. The van der Waals surface area contributed by atoms with Crippen LogP contribution >= 0.6 is 11.8 Å². The van der Waals surface area contributed by atoms with Crippen LogP contribution in [-0.4, -0.2) is 29.8 Å². The molecule has 0 aliphatic heterocycles. The lowest BCUT2D eigenvalue weighted by Gasteiger charge is -2.09. The van der Waals surface area contributed by atoms with Gasteiger partial charge in [0.2, 0.25) is 0 Å². The monoisotopic (exact) mass is 378 g/mol. The van der Waals surface area contributed by atoms with E-state index in [-0.39, 0.29) is 5.56 Å². The van der Waals surface area contributed by atoms with Gasteiger partial charge in [-0.15, -0.1) is 15.3 Å². The van der Waals surface area contributed by atoms with Crippen LogP contribution in [-0.2, 0) is 12.4 Å². The van der Waals surface area contributed by atoms with Crippen LogP contribution in [0.5, 0.6) is 0 Å². The second-order valence-electron chi connectivity index (χ2n) is 6.05. The number of hydrogen-bond donors (Lipinski definition) is 0. The smallest absolute Gasteiger partial charge is 0.278 e. The summed E-state index contributed by atoms with van der Waals surface area (Å²) in [5, 5.41) is 18.2. The van der Waals surface area contributed by atoms with Crippen molar-refractivity contribution in [2.24, 2.45) is 0 Å². The molecule has 0 unspecified atom stereocenters. The molecule has 2 heterocycles. The van der Waals surface area contributed by atoms with E-state index in [0.717, 1.165) is 28.7 Å². The fourth-order valence-electron chi connectivity index (χ4n) is 2.93.